The van der Waals surface area contributed by atoms with E-state index in [2.05, 4.69) is 20.2 Å². The first-order valence-corrected chi connectivity index (χ1v) is 9.74. The molecule has 2 rings (SSSR count). The SMILES string of the molecule is COCCCNC(=O)CCN(CCN1CCOCC1)C(=O)c1cnc(C)cn1. The molecule has 1 N–H and O–H groups in total. The molecule has 28 heavy (non-hydrogen) atoms. The van der Waals surface area contributed by atoms with Gasteiger partial charge in [0, 0.05) is 65.6 Å². The van der Waals surface area contributed by atoms with E-state index in [9.17, 15) is 9.59 Å². The van der Waals surface area contributed by atoms with Crippen LogP contribution in [0.4, 0.5) is 0 Å². The van der Waals surface area contributed by atoms with E-state index >= 15 is 0 Å². The van der Waals surface area contributed by atoms with Gasteiger partial charge in [0.05, 0.1) is 25.1 Å². The van der Waals surface area contributed by atoms with Crippen LogP contribution >= 0.6 is 0 Å². The fourth-order valence-corrected chi connectivity index (χ4v) is 2.84. The molecular formula is C19H31N5O4. The van der Waals surface area contributed by atoms with E-state index in [1.165, 1.54) is 6.20 Å². The Bertz CT molecular complexity index is 605. The second kappa shape index (κ2) is 12.4. The number of nitrogens with zero attached hydrogens (tertiary/aromatic N) is 4. The van der Waals surface area contributed by atoms with E-state index in [4.69, 9.17) is 9.47 Å². The molecule has 1 fully saturated rings. The molecule has 9 heteroatoms. The fraction of sp³-hybridized carbons (Fsp3) is 0.684. The predicted molar refractivity (Wildman–Crippen MR) is 104 cm³/mol. The number of methoxy groups -OCH3 is 1. The minimum absolute atomic E-state index is 0.0738. The third-order valence-corrected chi connectivity index (χ3v) is 4.53. The number of aryl methyl sites for hydroxylation is 1. The number of hydrogen-bond donors (Lipinski definition) is 1. The monoisotopic (exact) mass is 393 g/mol. The molecule has 0 radical (unpaired) electrons. The smallest absolute Gasteiger partial charge is 0.274 e. The highest BCUT2D eigenvalue weighted by Gasteiger charge is 2.20. The van der Waals surface area contributed by atoms with Gasteiger partial charge in [-0.3, -0.25) is 19.5 Å². The Kier molecular flexibility index (Phi) is 9.81. The molecule has 156 valence electrons. The third kappa shape index (κ3) is 7.87. The van der Waals surface area contributed by atoms with Gasteiger partial charge in [0.1, 0.15) is 5.69 Å². The number of carbonyl (C=O) groups is 2. The molecule has 2 heterocycles. The molecular weight excluding hydrogens is 362 g/mol. The van der Waals surface area contributed by atoms with Crippen molar-refractivity contribution in [3.05, 3.63) is 23.8 Å². The quantitative estimate of drug-likeness (QED) is 0.533. The zero-order chi connectivity index (χ0) is 20.2. The standard InChI is InChI=1S/C19H31N5O4/c1-16-14-22-17(15-21-16)19(26)24(8-7-23-9-12-28-13-10-23)6-4-18(25)20-5-3-11-27-2/h14-15H,3-13H2,1-2H3,(H,20,25). The van der Waals surface area contributed by atoms with Gasteiger partial charge in [-0.2, -0.15) is 0 Å². The Balaban J connectivity index is 1.89. The maximum atomic E-state index is 12.9. The first-order chi connectivity index (χ1) is 13.6. The Labute approximate surface area is 166 Å². The van der Waals surface area contributed by atoms with Gasteiger partial charge >= 0.3 is 0 Å². The second-order valence-electron chi connectivity index (χ2n) is 6.74. The molecule has 1 saturated heterocycles. The molecule has 0 atom stereocenters. The first-order valence-electron chi connectivity index (χ1n) is 9.74. The molecule has 0 bridgehead atoms. The van der Waals surface area contributed by atoms with Crippen LogP contribution in [0.15, 0.2) is 12.4 Å². The van der Waals surface area contributed by atoms with E-state index in [0.717, 1.165) is 31.7 Å². The van der Waals surface area contributed by atoms with Gasteiger partial charge in [-0.1, -0.05) is 0 Å². The lowest BCUT2D eigenvalue weighted by molar-refractivity contribution is -0.121. The molecule has 1 aliphatic rings. The minimum Gasteiger partial charge on any atom is -0.385 e. The summed E-state index contributed by atoms with van der Waals surface area (Å²) < 4.78 is 10.3. The largest absolute Gasteiger partial charge is 0.385 e. The van der Waals surface area contributed by atoms with Gasteiger partial charge in [-0.25, -0.2) is 4.98 Å². The summed E-state index contributed by atoms with van der Waals surface area (Å²) in [5, 5.41) is 2.85. The number of ether oxygens (including phenoxy) is 2. The zero-order valence-corrected chi connectivity index (χ0v) is 16.9. The van der Waals surface area contributed by atoms with Crippen LogP contribution in [0.1, 0.15) is 29.0 Å². The van der Waals surface area contributed by atoms with Crippen molar-refractivity contribution in [2.75, 3.05) is 66.2 Å². The van der Waals surface area contributed by atoms with Crippen molar-refractivity contribution in [3.63, 3.8) is 0 Å². The Hall–Kier alpha value is -2.10. The maximum absolute atomic E-state index is 12.9. The number of morpholine rings is 1. The number of hydrogen-bond acceptors (Lipinski definition) is 7. The van der Waals surface area contributed by atoms with Crippen molar-refractivity contribution < 1.29 is 19.1 Å². The number of carbonyl (C=O) groups excluding carboxylic acids is 2. The van der Waals surface area contributed by atoms with Crippen molar-refractivity contribution in [1.29, 1.82) is 0 Å². The number of rotatable bonds is 11. The average molecular weight is 393 g/mol. The Morgan fingerprint density at radius 1 is 1.25 bits per heavy atom. The summed E-state index contributed by atoms with van der Waals surface area (Å²) in [4.78, 5) is 37.2. The molecule has 0 aliphatic carbocycles. The van der Waals surface area contributed by atoms with Crippen molar-refractivity contribution in [3.8, 4) is 0 Å². The highest BCUT2D eigenvalue weighted by molar-refractivity contribution is 5.92. The summed E-state index contributed by atoms with van der Waals surface area (Å²) in [6.07, 6.45) is 4.09. The zero-order valence-electron chi connectivity index (χ0n) is 16.9. The molecule has 9 nitrogen and oxygen atoms in total. The van der Waals surface area contributed by atoms with Crippen LogP contribution in [-0.2, 0) is 14.3 Å². The summed E-state index contributed by atoms with van der Waals surface area (Å²) in [5.74, 6) is -0.275. The first kappa shape index (κ1) is 22.2. The van der Waals surface area contributed by atoms with Crippen molar-refractivity contribution in [1.82, 2.24) is 25.1 Å². The Morgan fingerprint density at radius 3 is 2.71 bits per heavy atom. The molecule has 2 amide bonds. The second-order valence-corrected chi connectivity index (χ2v) is 6.74. The van der Waals surface area contributed by atoms with E-state index < -0.39 is 0 Å². The van der Waals surface area contributed by atoms with E-state index in [-0.39, 0.29) is 18.2 Å². The molecule has 1 aromatic rings. The van der Waals surface area contributed by atoms with Crippen LogP contribution in [0.5, 0.6) is 0 Å². The summed E-state index contributed by atoms with van der Waals surface area (Å²) >= 11 is 0. The summed E-state index contributed by atoms with van der Waals surface area (Å²) in [6.45, 7) is 7.74. The van der Waals surface area contributed by atoms with E-state index in [1.807, 2.05) is 6.92 Å². The highest BCUT2D eigenvalue weighted by atomic mass is 16.5. The van der Waals surface area contributed by atoms with Crippen molar-refractivity contribution in [2.24, 2.45) is 0 Å². The number of aromatic nitrogens is 2. The average Bonchev–Trinajstić information content (AvgIpc) is 2.72. The van der Waals surface area contributed by atoms with Gasteiger partial charge in [-0.05, 0) is 13.3 Å². The van der Waals surface area contributed by atoms with E-state index in [1.54, 1.807) is 18.2 Å². The lowest BCUT2D eigenvalue weighted by Gasteiger charge is -2.30. The van der Waals surface area contributed by atoms with Crippen LogP contribution < -0.4 is 5.32 Å². The van der Waals surface area contributed by atoms with Crippen molar-refractivity contribution >= 4 is 11.8 Å². The van der Waals surface area contributed by atoms with Crippen molar-refractivity contribution in [2.45, 2.75) is 19.8 Å². The lowest BCUT2D eigenvalue weighted by atomic mass is 10.3. The van der Waals surface area contributed by atoms with Gasteiger partial charge in [-0.15, -0.1) is 0 Å². The fourth-order valence-electron chi connectivity index (χ4n) is 2.84. The topological polar surface area (TPSA) is 96.9 Å². The molecule has 1 aliphatic heterocycles. The summed E-state index contributed by atoms with van der Waals surface area (Å²) in [5.41, 5.74) is 1.06. The normalized spacial score (nSPS) is 14.6. The number of amides is 2. The molecule has 0 unspecified atom stereocenters. The van der Waals surface area contributed by atoms with Gasteiger partial charge in [0.2, 0.25) is 5.91 Å². The minimum atomic E-state index is -0.201. The van der Waals surface area contributed by atoms with Gasteiger partial charge in [0.25, 0.3) is 5.91 Å². The van der Waals surface area contributed by atoms with Crippen LogP contribution in [0.3, 0.4) is 0 Å². The molecule has 0 saturated carbocycles. The third-order valence-electron chi connectivity index (χ3n) is 4.53. The molecule has 0 spiro atoms. The molecule has 1 aromatic heterocycles. The Morgan fingerprint density at radius 2 is 2.04 bits per heavy atom. The van der Waals surface area contributed by atoms with E-state index in [0.29, 0.717) is 45.1 Å². The summed E-state index contributed by atoms with van der Waals surface area (Å²) in [7, 11) is 1.63. The lowest BCUT2D eigenvalue weighted by Crippen LogP contribution is -2.44. The van der Waals surface area contributed by atoms with Gasteiger partial charge < -0.3 is 19.7 Å². The predicted octanol–water partition coefficient (Wildman–Crippen LogP) is 0.102. The highest BCUT2D eigenvalue weighted by Crippen LogP contribution is 2.05. The van der Waals surface area contributed by atoms with Crippen LogP contribution in [-0.4, -0.2) is 97.8 Å². The molecule has 0 aromatic carbocycles. The maximum Gasteiger partial charge on any atom is 0.274 e. The summed E-state index contributed by atoms with van der Waals surface area (Å²) in [6, 6.07) is 0. The van der Waals surface area contributed by atoms with Crippen LogP contribution in [0, 0.1) is 6.92 Å². The number of nitrogens with one attached hydrogen (secondary N) is 1. The van der Waals surface area contributed by atoms with Crippen LogP contribution in [0.25, 0.3) is 0 Å². The van der Waals surface area contributed by atoms with Crippen LogP contribution in [0.2, 0.25) is 0 Å². The van der Waals surface area contributed by atoms with Gasteiger partial charge in [0.15, 0.2) is 0 Å².